The van der Waals surface area contributed by atoms with Crippen LogP contribution in [0.15, 0.2) is 17.3 Å². The predicted molar refractivity (Wildman–Crippen MR) is 60.4 cm³/mol. The number of hydrogen-bond donors (Lipinski definition) is 2. The van der Waals surface area contributed by atoms with Gasteiger partial charge in [-0.15, -0.1) is 0 Å². The average Bonchev–Trinajstić information content (AvgIpc) is 2.70. The summed E-state index contributed by atoms with van der Waals surface area (Å²) in [5.41, 5.74) is -0.303. The van der Waals surface area contributed by atoms with Crippen molar-refractivity contribution in [1.82, 2.24) is 14.9 Å². The molecular weight excluding hydrogens is 226 g/mol. The van der Waals surface area contributed by atoms with E-state index in [4.69, 9.17) is 0 Å². The number of nitrogens with one attached hydrogen (secondary N) is 2. The molecule has 90 valence electrons. The molecular formula is C10H17N3O2S. The van der Waals surface area contributed by atoms with E-state index < -0.39 is 10.0 Å². The molecule has 1 aliphatic carbocycles. The minimum atomic E-state index is -3.44. The van der Waals surface area contributed by atoms with Crippen LogP contribution in [-0.2, 0) is 10.0 Å². The minimum Gasteiger partial charge on any atom is -0.266 e. The molecule has 1 fully saturated rings. The molecule has 5 nitrogen and oxygen atoms in total. The van der Waals surface area contributed by atoms with Gasteiger partial charge in [0, 0.05) is 5.54 Å². The SMILES string of the molecule is CC1(NS(=O)(=O)c2ccn[nH]2)CCCCC1. The maximum Gasteiger partial charge on any atom is 0.257 e. The monoisotopic (exact) mass is 243 g/mol. The van der Waals surface area contributed by atoms with Crippen molar-refractivity contribution in [3.8, 4) is 0 Å². The molecule has 1 saturated carbocycles. The fourth-order valence-electron chi connectivity index (χ4n) is 2.21. The van der Waals surface area contributed by atoms with Crippen molar-refractivity contribution in [3.63, 3.8) is 0 Å². The number of hydrogen-bond acceptors (Lipinski definition) is 3. The average molecular weight is 243 g/mol. The number of nitrogens with zero attached hydrogens (tertiary/aromatic N) is 1. The Morgan fingerprint density at radius 3 is 2.62 bits per heavy atom. The van der Waals surface area contributed by atoms with Gasteiger partial charge in [0.05, 0.1) is 6.20 Å². The van der Waals surface area contributed by atoms with Gasteiger partial charge in [-0.3, -0.25) is 5.10 Å². The molecule has 0 spiro atoms. The highest BCUT2D eigenvalue weighted by molar-refractivity contribution is 7.89. The van der Waals surface area contributed by atoms with E-state index in [1.54, 1.807) is 0 Å². The van der Waals surface area contributed by atoms with E-state index in [2.05, 4.69) is 14.9 Å². The zero-order chi connectivity index (χ0) is 11.6. The van der Waals surface area contributed by atoms with E-state index in [-0.39, 0.29) is 10.6 Å². The van der Waals surface area contributed by atoms with Gasteiger partial charge in [-0.2, -0.15) is 5.10 Å². The summed E-state index contributed by atoms with van der Waals surface area (Å²) < 4.78 is 26.7. The molecule has 1 heterocycles. The van der Waals surface area contributed by atoms with Gasteiger partial charge in [-0.05, 0) is 25.8 Å². The van der Waals surface area contributed by atoms with E-state index in [9.17, 15) is 8.42 Å². The lowest BCUT2D eigenvalue weighted by atomic mass is 9.84. The van der Waals surface area contributed by atoms with Gasteiger partial charge in [-0.25, -0.2) is 13.1 Å². The third-order valence-corrected chi connectivity index (χ3v) is 4.67. The van der Waals surface area contributed by atoms with Gasteiger partial charge >= 0.3 is 0 Å². The Labute approximate surface area is 95.7 Å². The van der Waals surface area contributed by atoms with E-state index >= 15 is 0 Å². The van der Waals surface area contributed by atoms with Crippen LogP contribution in [-0.4, -0.2) is 24.2 Å². The van der Waals surface area contributed by atoms with E-state index in [0.717, 1.165) is 25.7 Å². The predicted octanol–water partition coefficient (Wildman–Crippen LogP) is 1.41. The Hall–Kier alpha value is -0.880. The second kappa shape index (κ2) is 4.18. The highest BCUT2D eigenvalue weighted by atomic mass is 32.2. The second-order valence-electron chi connectivity index (χ2n) is 4.65. The Bertz CT molecular complexity index is 433. The van der Waals surface area contributed by atoms with Crippen molar-refractivity contribution >= 4 is 10.0 Å². The summed E-state index contributed by atoms with van der Waals surface area (Å²) in [6, 6.07) is 1.47. The van der Waals surface area contributed by atoms with Crippen LogP contribution >= 0.6 is 0 Å². The summed E-state index contributed by atoms with van der Waals surface area (Å²) in [6.07, 6.45) is 6.61. The van der Waals surface area contributed by atoms with Gasteiger partial charge in [0.25, 0.3) is 10.0 Å². The lowest BCUT2D eigenvalue weighted by Gasteiger charge is -2.33. The summed E-state index contributed by atoms with van der Waals surface area (Å²) in [4.78, 5) is 0. The molecule has 0 aromatic carbocycles. The highest BCUT2D eigenvalue weighted by Crippen LogP contribution is 2.28. The van der Waals surface area contributed by atoms with Crippen LogP contribution in [0, 0.1) is 0 Å². The number of aromatic nitrogens is 2. The van der Waals surface area contributed by atoms with Crippen molar-refractivity contribution in [2.24, 2.45) is 0 Å². The van der Waals surface area contributed by atoms with Crippen molar-refractivity contribution in [3.05, 3.63) is 12.3 Å². The highest BCUT2D eigenvalue weighted by Gasteiger charge is 2.32. The van der Waals surface area contributed by atoms with Crippen molar-refractivity contribution in [2.75, 3.05) is 0 Å². The Morgan fingerprint density at radius 2 is 2.06 bits per heavy atom. The maximum atomic E-state index is 12.0. The number of aromatic amines is 1. The molecule has 0 radical (unpaired) electrons. The molecule has 0 saturated heterocycles. The first-order chi connectivity index (χ1) is 7.52. The van der Waals surface area contributed by atoms with Crippen LogP contribution in [0.4, 0.5) is 0 Å². The van der Waals surface area contributed by atoms with Gasteiger partial charge in [0.1, 0.15) is 0 Å². The molecule has 1 aliphatic rings. The topological polar surface area (TPSA) is 74.8 Å². The molecule has 0 atom stereocenters. The number of sulfonamides is 1. The van der Waals surface area contributed by atoms with Crippen LogP contribution in [0.1, 0.15) is 39.0 Å². The number of H-pyrrole nitrogens is 1. The van der Waals surface area contributed by atoms with E-state index in [1.165, 1.54) is 18.7 Å². The molecule has 2 rings (SSSR count). The Morgan fingerprint density at radius 1 is 1.38 bits per heavy atom. The maximum absolute atomic E-state index is 12.0. The van der Waals surface area contributed by atoms with Crippen molar-refractivity contribution in [2.45, 2.75) is 49.6 Å². The normalized spacial score (nSPS) is 20.8. The summed E-state index contributed by atoms with van der Waals surface area (Å²) in [6.45, 7) is 1.97. The van der Waals surface area contributed by atoms with Gasteiger partial charge in [0.2, 0.25) is 0 Å². The zero-order valence-electron chi connectivity index (χ0n) is 9.36. The first-order valence-corrected chi connectivity index (χ1v) is 7.04. The van der Waals surface area contributed by atoms with Crippen molar-refractivity contribution < 1.29 is 8.42 Å². The van der Waals surface area contributed by atoms with Crippen LogP contribution in [0.2, 0.25) is 0 Å². The standard InChI is InChI=1S/C10H17N3O2S/c1-10(6-3-2-4-7-10)13-16(14,15)9-5-8-11-12-9/h5,8,13H,2-4,6-7H2,1H3,(H,11,12). The fourth-order valence-corrected chi connectivity index (χ4v) is 3.58. The molecule has 0 unspecified atom stereocenters. The van der Waals surface area contributed by atoms with Crippen LogP contribution in [0.5, 0.6) is 0 Å². The first kappa shape index (κ1) is 11.6. The molecule has 6 heteroatoms. The second-order valence-corrected chi connectivity index (χ2v) is 6.30. The summed E-state index contributed by atoms with van der Waals surface area (Å²) in [5, 5.41) is 6.28. The largest absolute Gasteiger partial charge is 0.266 e. The van der Waals surface area contributed by atoms with Crippen molar-refractivity contribution in [1.29, 1.82) is 0 Å². The lowest BCUT2D eigenvalue weighted by Crippen LogP contribution is -2.47. The zero-order valence-corrected chi connectivity index (χ0v) is 10.2. The molecule has 1 aromatic rings. The Kier molecular flexibility index (Phi) is 3.03. The smallest absolute Gasteiger partial charge is 0.257 e. The summed E-state index contributed by atoms with van der Waals surface area (Å²) in [7, 11) is -3.44. The molecule has 0 amide bonds. The third-order valence-electron chi connectivity index (χ3n) is 3.10. The Balaban J connectivity index is 2.14. The first-order valence-electron chi connectivity index (χ1n) is 5.55. The molecule has 16 heavy (non-hydrogen) atoms. The summed E-state index contributed by atoms with van der Waals surface area (Å²) in [5.74, 6) is 0. The van der Waals surface area contributed by atoms with Crippen LogP contribution in [0.25, 0.3) is 0 Å². The van der Waals surface area contributed by atoms with Gasteiger partial charge < -0.3 is 0 Å². The van der Waals surface area contributed by atoms with Crippen LogP contribution < -0.4 is 4.72 Å². The molecule has 1 aromatic heterocycles. The molecule has 2 N–H and O–H groups in total. The third kappa shape index (κ3) is 2.44. The van der Waals surface area contributed by atoms with Crippen LogP contribution in [0.3, 0.4) is 0 Å². The molecule has 0 bridgehead atoms. The summed E-state index contributed by atoms with van der Waals surface area (Å²) >= 11 is 0. The quantitative estimate of drug-likeness (QED) is 0.843. The molecule has 0 aliphatic heterocycles. The fraction of sp³-hybridized carbons (Fsp3) is 0.700. The van der Waals surface area contributed by atoms with E-state index in [0.29, 0.717) is 0 Å². The minimum absolute atomic E-state index is 0.138. The van der Waals surface area contributed by atoms with E-state index in [1.807, 2.05) is 6.92 Å². The van der Waals surface area contributed by atoms with Gasteiger partial charge in [0.15, 0.2) is 5.03 Å². The number of rotatable bonds is 3. The lowest BCUT2D eigenvalue weighted by molar-refractivity contribution is 0.293. The van der Waals surface area contributed by atoms with Gasteiger partial charge in [-0.1, -0.05) is 19.3 Å².